The number of fused-ring (bicyclic) bond motifs is 1. The van der Waals surface area contributed by atoms with E-state index in [4.69, 9.17) is 9.72 Å². The Labute approximate surface area is 194 Å². The van der Waals surface area contributed by atoms with Gasteiger partial charge in [0.05, 0.1) is 7.11 Å². The van der Waals surface area contributed by atoms with Crippen LogP contribution in [0.25, 0.3) is 0 Å². The normalized spacial score (nSPS) is 18.2. The Morgan fingerprint density at radius 2 is 2.03 bits per heavy atom. The monoisotopic (exact) mass is 453 g/mol. The van der Waals surface area contributed by atoms with Gasteiger partial charge in [-0.2, -0.15) is 4.98 Å². The standard InChI is InChI=1S/C25H32FN5O2/c1-5-23(32)30-10-12-31(13-11-30)24-21(17(2)27-25(28-24)33-4)8-6-18-14-19-15-20(26)7-9-22(19)29(3)16-18/h5,7,9,15,18H,1,6,8,10-14,16H2,2-4H3/t18-/m1/s1. The molecular formula is C25H32FN5O2. The first-order valence-electron chi connectivity index (χ1n) is 11.5. The predicted octanol–water partition coefficient (Wildman–Crippen LogP) is 3.01. The van der Waals surface area contributed by atoms with Crippen molar-refractivity contribution in [3.63, 3.8) is 0 Å². The summed E-state index contributed by atoms with van der Waals surface area (Å²) in [6, 6.07) is 5.42. The number of halogens is 1. The van der Waals surface area contributed by atoms with E-state index in [0.717, 1.165) is 54.1 Å². The third-order valence-electron chi connectivity index (χ3n) is 6.72. The lowest BCUT2D eigenvalue weighted by atomic mass is 9.88. The highest BCUT2D eigenvalue weighted by Gasteiger charge is 2.27. The van der Waals surface area contributed by atoms with Crippen molar-refractivity contribution in [1.29, 1.82) is 0 Å². The molecule has 3 heterocycles. The van der Waals surface area contributed by atoms with Crippen LogP contribution in [0.4, 0.5) is 15.9 Å². The Bertz CT molecular complexity index is 1040. The largest absolute Gasteiger partial charge is 0.467 e. The molecule has 0 bridgehead atoms. The van der Waals surface area contributed by atoms with E-state index in [-0.39, 0.29) is 11.7 Å². The van der Waals surface area contributed by atoms with Gasteiger partial charge in [-0.15, -0.1) is 0 Å². The maximum atomic E-state index is 13.8. The van der Waals surface area contributed by atoms with Crippen molar-refractivity contribution < 1.29 is 13.9 Å². The SMILES string of the molecule is C=CC(=O)N1CCN(c2nc(OC)nc(C)c2CC[C@@H]2Cc3cc(F)ccc3N(C)C2)CC1. The van der Waals surface area contributed by atoms with Crippen molar-refractivity contribution in [2.75, 3.05) is 56.7 Å². The zero-order chi connectivity index (χ0) is 23.5. The maximum absolute atomic E-state index is 13.8. The summed E-state index contributed by atoms with van der Waals surface area (Å²) in [5.74, 6) is 1.09. The van der Waals surface area contributed by atoms with Gasteiger partial charge >= 0.3 is 6.01 Å². The highest BCUT2D eigenvalue weighted by Crippen LogP contribution is 2.33. The van der Waals surface area contributed by atoms with Gasteiger partial charge in [-0.1, -0.05) is 6.58 Å². The summed E-state index contributed by atoms with van der Waals surface area (Å²) >= 11 is 0. The zero-order valence-electron chi connectivity index (χ0n) is 19.7. The number of carbonyl (C=O) groups is 1. The summed E-state index contributed by atoms with van der Waals surface area (Å²) in [6.45, 7) is 9.18. The first-order valence-corrected chi connectivity index (χ1v) is 11.5. The molecule has 0 aliphatic carbocycles. The lowest BCUT2D eigenvalue weighted by Gasteiger charge is -2.36. The molecule has 0 N–H and O–H groups in total. The van der Waals surface area contributed by atoms with Crippen molar-refractivity contribution in [2.24, 2.45) is 5.92 Å². The van der Waals surface area contributed by atoms with Crippen molar-refractivity contribution in [3.8, 4) is 6.01 Å². The average Bonchev–Trinajstić information content (AvgIpc) is 2.82. The number of carbonyl (C=O) groups excluding carboxylic acids is 1. The number of amides is 1. The van der Waals surface area contributed by atoms with E-state index >= 15 is 0 Å². The minimum absolute atomic E-state index is 0.0375. The van der Waals surface area contributed by atoms with Crippen molar-refractivity contribution in [2.45, 2.75) is 26.2 Å². The van der Waals surface area contributed by atoms with Gasteiger partial charge in [0, 0.05) is 56.7 Å². The average molecular weight is 454 g/mol. The molecule has 1 amide bonds. The van der Waals surface area contributed by atoms with E-state index in [1.807, 2.05) is 17.9 Å². The van der Waals surface area contributed by atoms with Gasteiger partial charge in [0.2, 0.25) is 5.91 Å². The highest BCUT2D eigenvalue weighted by molar-refractivity contribution is 5.87. The fourth-order valence-corrected chi connectivity index (χ4v) is 4.96. The number of hydrogen-bond acceptors (Lipinski definition) is 6. The van der Waals surface area contributed by atoms with Crippen molar-refractivity contribution in [1.82, 2.24) is 14.9 Å². The zero-order valence-corrected chi connectivity index (χ0v) is 19.7. The number of rotatable bonds is 6. The van der Waals surface area contributed by atoms with Gasteiger partial charge in [0.25, 0.3) is 0 Å². The first-order chi connectivity index (χ1) is 15.9. The van der Waals surface area contributed by atoms with E-state index in [1.165, 1.54) is 12.1 Å². The molecular weight excluding hydrogens is 421 g/mol. The summed E-state index contributed by atoms with van der Waals surface area (Å²) in [5, 5.41) is 0. The number of nitrogens with zero attached hydrogens (tertiary/aromatic N) is 5. The van der Waals surface area contributed by atoms with E-state index in [0.29, 0.717) is 38.1 Å². The molecule has 0 radical (unpaired) electrons. The van der Waals surface area contributed by atoms with Gasteiger partial charge in [-0.25, -0.2) is 9.37 Å². The van der Waals surface area contributed by atoms with E-state index in [1.54, 1.807) is 13.2 Å². The van der Waals surface area contributed by atoms with Crippen LogP contribution in [0, 0.1) is 18.7 Å². The van der Waals surface area contributed by atoms with Crippen LogP contribution in [0.1, 0.15) is 23.2 Å². The summed E-state index contributed by atoms with van der Waals surface area (Å²) in [6.07, 6.45) is 4.02. The molecule has 4 rings (SSSR count). The molecule has 2 aliphatic heterocycles. The number of piperazine rings is 1. The molecule has 2 aliphatic rings. The smallest absolute Gasteiger partial charge is 0.318 e. The number of benzene rings is 1. The third kappa shape index (κ3) is 4.94. The van der Waals surface area contributed by atoms with Gasteiger partial charge < -0.3 is 19.4 Å². The Kier molecular flexibility index (Phi) is 6.81. The lowest BCUT2D eigenvalue weighted by Crippen LogP contribution is -2.49. The number of anilines is 2. The van der Waals surface area contributed by atoms with E-state index in [2.05, 4.69) is 28.4 Å². The van der Waals surface area contributed by atoms with Crippen LogP contribution in [0.3, 0.4) is 0 Å². The quantitative estimate of drug-likeness (QED) is 0.627. The van der Waals surface area contributed by atoms with Crippen LogP contribution in [0.15, 0.2) is 30.9 Å². The van der Waals surface area contributed by atoms with Crippen LogP contribution in [0.2, 0.25) is 0 Å². The Hall–Kier alpha value is -3.16. The Morgan fingerprint density at radius 3 is 2.73 bits per heavy atom. The number of aryl methyl sites for hydroxylation is 1. The second-order valence-corrected chi connectivity index (χ2v) is 8.88. The molecule has 7 nitrogen and oxygen atoms in total. The number of ether oxygens (including phenoxy) is 1. The fraction of sp³-hybridized carbons (Fsp3) is 0.480. The number of methoxy groups -OCH3 is 1. The minimum atomic E-state index is -0.182. The molecule has 1 aromatic heterocycles. The van der Waals surface area contributed by atoms with Crippen LogP contribution >= 0.6 is 0 Å². The molecule has 33 heavy (non-hydrogen) atoms. The molecule has 176 valence electrons. The summed E-state index contributed by atoms with van der Waals surface area (Å²) < 4.78 is 19.1. The molecule has 0 unspecified atom stereocenters. The molecule has 1 aromatic carbocycles. The summed E-state index contributed by atoms with van der Waals surface area (Å²) in [5.41, 5.74) is 4.22. The van der Waals surface area contributed by atoms with E-state index < -0.39 is 0 Å². The number of aromatic nitrogens is 2. The van der Waals surface area contributed by atoms with Crippen LogP contribution in [-0.2, 0) is 17.6 Å². The molecule has 1 saturated heterocycles. The molecule has 1 atom stereocenters. The van der Waals surface area contributed by atoms with Crippen LogP contribution in [0.5, 0.6) is 6.01 Å². The predicted molar refractivity (Wildman–Crippen MR) is 127 cm³/mol. The first kappa shape index (κ1) is 23.0. The Morgan fingerprint density at radius 1 is 1.27 bits per heavy atom. The highest BCUT2D eigenvalue weighted by atomic mass is 19.1. The molecule has 0 saturated carbocycles. The van der Waals surface area contributed by atoms with Crippen molar-refractivity contribution >= 4 is 17.4 Å². The van der Waals surface area contributed by atoms with Gasteiger partial charge in [0.15, 0.2) is 0 Å². The fourth-order valence-electron chi connectivity index (χ4n) is 4.96. The topological polar surface area (TPSA) is 61.8 Å². The molecule has 1 fully saturated rings. The molecule has 2 aromatic rings. The molecule has 0 spiro atoms. The lowest BCUT2D eigenvalue weighted by molar-refractivity contribution is -0.126. The third-order valence-corrected chi connectivity index (χ3v) is 6.72. The second-order valence-electron chi connectivity index (χ2n) is 8.88. The second kappa shape index (κ2) is 9.77. The maximum Gasteiger partial charge on any atom is 0.318 e. The van der Waals surface area contributed by atoms with Crippen molar-refractivity contribution in [3.05, 3.63) is 53.5 Å². The van der Waals surface area contributed by atoms with Crippen LogP contribution in [-0.4, -0.2) is 67.7 Å². The number of hydrogen-bond donors (Lipinski definition) is 0. The van der Waals surface area contributed by atoms with Crippen LogP contribution < -0.4 is 14.5 Å². The van der Waals surface area contributed by atoms with E-state index in [9.17, 15) is 9.18 Å². The summed E-state index contributed by atoms with van der Waals surface area (Å²) in [7, 11) is 3.65. The molecule has 8 heteroatoms. The summed E-state index contributed by atoms with van der Waals surface area (Å²) in [4.78, 5) is 27.4. The Balaban J connectivity index is 1.51. The van der Waals surface area contributed by atoms with Gasteiger partial charge in [-0.3, -0.25) is 4.79 Å². The van der Waals surface area contributed by atoms with Gasteiger partial charge in [-0.05, 0) is 61.9 Å². The van der Waals surface area contributed by atoms with Gasteiger partial charge in [0.1, 0.15) is 11.6 Å². The minimum Gasteiger partial charge on any atom is -0.467 e.